The van der Waals surface area contributed by atoms with Crippen molar-refractivity contribution in [1.82, 2.24) is 18.3 Å². The Labute approximate surface area is 662 Å². The monoisotopic (exact) mass is 1450 g/mol. The summed E-state index contributed by atoms with van der Waals surface area (Å²) in [4.78, 5) is 0. The number of para-hydroxylation sites is 6. The molecule has 0 spiro atoms. The van der Waals surface area contributed by atoms with E-state index in [2.05, 4.69) is 479 Å². The molecule has 0 atom stereocenters. The zero-order chi connectivity index (χ0) is 75.5. The van der Waals surface area contributed by atoms with Crippen LogP contribution in [0, 0.1) is 0 Å². The van der Waals surface area contributed by atoms with Gasteiger partial charge < -0.3 is 18.3 Å². The maximum absolute atomic E-state index is 2.47. The third kappa shape index (κ3) is 11.0. The molecule has 4 aromatic heterocycles. The highest BCUT2D eigenvalue weighted by Gasteiger charge is 2.41. The van der Waals surface area contributed by atoms with E-state index in [0.717, 1.165) is 22.7 Å². The fourth-order valence-electron chi connectivity index (χ4n) is 18.8. The highest BCUT2D eigenvalue weighted by molar-refractivity contribution is 6.14. The van der Waals surface area contributed by atoms with Gasteiger partial charge >= 0.3 is 0 Å². The lowest BCUT2D eigenvalue weighted by atomic mass is 9.64. The van der Waals surface area contributed by atoms with Crippen molar-refractivity contribution in [3.63, 3.8) is 0 Å². The van der Waals surface area contributed by atoms with E-state index in [-0.39, 0.29) is 0 Å². The van der Waals surface area contributed by atoms with Gasteiger partial charge in [-0.3, -0.25) is 0 Å². The Kier molecular flexibility index (Phi) is 16.7. The van der Waals surface area contributed by atoms with Gasteiger partial charge in [0, 0.05) is 65.8 Å². The number of aromatic nitrogens is 4. The van der Waals surface area contributed by atoms with Crippen LogP contribution < -0.4 is 0 Å². The summed E-state index contributed by atoms with van der Waals surface area (Å²) in [6, 6.07) is 169. The van der Waals surface area contributed by atoms with Crippen LogP contribution in [0.1, 0.15) is 44.5 Å². The zero-order valence-corrected chi connectivity index (χ0v) is 62.7. The van der Waals surface area contributed by atoms with E-state index < -0.39 is 10.8 Å². The van der Waals surface area contributed by atoms with Gasteiger partial charge in [0.2, 0.25) is 0 Å². The van der Waals surface area contributed by atoms with Crippen molar-refractivity contribution in [3.05, 3.63) is 506 Å². The standard InChI is InChI=1S/2C55H38N2/c2*1-5-19-39(20-6-1)40-35-44(55(41-21-7-2-8-22-41,42-23-9-3-10-24-42)43-25-11-4-12-26-43)37-46(36-40)57-53-32-18-15-29-49(53)50-38-45(33-34-54(50)57)56-51-30-16-13-27-47(51)48-28-14-17-31-52(48)56/h2*1-38H. The smallest absolute Gasteiger partial charge is 0.0702 e. The Hall–Kier alpha value is -14.8. The van der Waals surface area contributed by atoms with Gasteiger partial charge in [-0.15, -0.1) is 0 Å². The third-order valence-electron chi connectivity index (χ3n) is 23.7. The molecule has 0 aliphatic heterocycles. The first kappa shape index (κ1) is 67.3. The summed E-state index contributed by atoms with van der Waals surface area (Å²) in [6.45, 7) is 0. The molecule has 4 heterocycles. The van der Waals surface area contributed by atoms with Crippen molar-refractivity contribution in [3.8, 4) is 45.0 Å². The van der Waals surface area contributed by atoms with Crippen molar-refractivity contribution in [2.75, 3.05) is 0 Å². The fourth-order valence-corrected chi connectivity index (χ4v) is 18.8. The molecule has 0 unspecified atom stereocenters. The molecule has 22 rings (SSSR count). The molecular formula is C110H76N4. The average Bonchev–Trinajstić information content (AvgIpc) is 1.29. The highest BCUT2D eigenvalue weighted by Crippen LogP contribution is 2.51. The topological polar surface area (TPSA) is 19.7 Å². The normalized spacial score (nSPS) is 11.9. The van der Waals surface area contributed by atoms with E-state index in [1.165, 1.54) is 154 Å². The SMILES string of the molecule is c1ccc(-c2cc(-n3c4ccccc4c4cc(-n5c6ccccc6c6ccccc65)ccc43)cc(C(c3ccccc3)(c3ccccc3)c3ccccc3)c2)cc1.c1ccc(-c2cc(-n3c4ccccc4c4cc(-n5c6ccccc6c6ccccc65)ccc43)cc(C(c3ccccc3)(c3ccccc3)c3ccccc3)c2)cc1. The van der Waals surface area contributed by atoms with E-state index in [0.29, 0.717) is 0 Å². The van der Waals surface area contributed by atoms with E-state index in [4.69, 9.17) is 0 Å². The van der Waals surface area contributed by atoms with Gasteiger partial charge in [-0.2, -0.15) is 0 Å². The minimum absolute atomic E-state index is 0.605. The van der Waals surface area contributed by atoms with Crippen molar-refractivity contribution in [1.29, 1.82) is 0 Å². The summed E-state index contributed by atoms with van der Waals surface area (Å²) < 4.78 is 9.78. The summed E-state index contributed by atoms with van der Waals surface area (Å²) in [6.07, 6.45) is 0. The Morgan fingerprint density at radius 2 is 0.325 bits per heavy atom. The maximum Gasteiger partial charge on any atom is 0.0702 e. The molecule has 4 heteroatoms. The van der Waals surface area contributed by atoms with Crippen molar-refractivity contribution in [2.45, 2.75) is 10.8 Å². The number of nitrogens with zero attached hydrogens (tertiary/aromatic N) is 4. The van der Waals surface area contributed by atoms with Crippen LogP contribution in [0.25, 0.3) is 132 Å². The average molecular weight is 1450 g/mol. The predicted molar refractivity (Wildman–Crippen MR) is 478 cm³/mol. The van der Waals surface area contributed by atoms with Gasteiger partial charge in [-0.05, 0) is 176 Å². The molecule has 0 fully saturated rings. The van der Waals surface area contributed by atoms with Gasteiger partial charge in [-0.1, -0.05) is 352 Å². The first-order chi connectivity index (χ1) is 56.6. The maximum atomic E-state index is 2.47. The summed E-state index contributed by atoms with van der Waals surface area (Å²) in [5.74, 6) is 0. The van der Waals surface area contributed by atoms with Crippen molar-refractivity contribution in [2.24, 2.45) is 0 Å². The van der Waals surface area contributed by atoms with Crippen LogP contribution in [0.3, 0.4) is 0 Å². The first-order valence-electron chi connectivity index (χ1n) is 39.4. The van der Waals surface area contributed by atoms with Gasteiger partial charge in [0.25, 0.3) is 0 Å². The second-order valence-electron chi connectivity index (χ2n) is 29.8. The summed E-state index contributed by atoms with van der Waals surface area (Å²) in [5, 5.41) is 9.94. The molecule has 18 aromatic carbocycles. The summed E-state index contributed by atoms with van der Waals surface area (Å²) in [5.41, 5.74) is 27.3. The molecule has 22 aromatic rings. The van der Waals surface area contributed by atoms with Gasteiger partial charge in [0.1, 0.15) is 0 Å². The molecule has 4 nitrogen and oxygen atoms in total. The number of hydrogen-bond acceptors (Lipinski definition) is 0. The lowest BCUT2D eigenvalue weighted by Gasteiger charge is -2.37. The summed E-state index contributed by atoms with van der Waals surface area (Å²) >= 11 is 0. The molecule has 0 saturated carbocycles. The highest BCUT2D eigenvalue weighted by atomic mass is 15.0. The van der Waals surface area contributed by atoms with Crippen LogP contribution in [0.15, 0.2) is 461 Å². The van der Waals surface area contributed by atoms with Gasteiger partial charge in [0.05, 0.1) is 55.0 Å². The summed E-state index contributed by atoms with van der Waals surface area (Å²) in [7, 11) is 0. The largest absolute Gasteiger partial charge is 0.309 e. The van der Waals surface area contributed by atoms with E-state index in [1.807, 2.05) is 0 Å². The molecular weight excluding hydrogens is 1380 g/mol. The van der Waals surface area contributed by atoms with Crippen LogP contribution in [-0.4, -0.2) is 18.3 Å². The van der Waals surface area contributed by atoms with Crippen molar-refractivity contribution < 1.29 is 0 Å². The molecule has 0 saturated heterocycles. The molecule has 536 valence electrons. The Balaban J connectivity index is 0.000000143. The van der Waals surface area contributed by atoms with Crippen molar-refractivity contribution >= 4 is 87.2 Å². The van der Waals surface area contributed by atoms with Crippen LogP contribution in [-0.2, 0) is 10.8 Å². The second-order valence-corrected chi connectivity index (χ2v) is 29.8. The lowest BCUT2D eigenvalue weighted by molar-refractivity contribution is 0.744. The lowest BCUT2D eigenvalue weighted by Crippen LogP contribution is -2.31. The Morgan fingerprint density at radius 1 is 0.123 bits per heavy atom. The van der Waals surface area contributed by atoms with Gasteiger partial charge in [-0.25, -0.2) is 0 Å². The van der Waals surface area contributed by atoms with E-state index >= 15 is 0 Å². The molecule has 0 N–H and O–H groups in total. The Morgan fingerprint density at radius 3 is 0.579 bits per heavy atom. The second kappa shape index (κ2) is 28.2. The van der Waals surface area contributed by atoms with Crippen LogP contribution in [0.2, 0.25) is 0 Å². The van der Waals surface area contributed by atoms with Crippen LogP contribution in [0.4, 0.5) is 0 Å². The number of hydrogen-bond donors (Lipinski definition) is 0. The minimum atomic E-state index is -0.605. The number of benzene rings is 18. The minimum Gasteiger partial charge on any atom is -0.309 e. The molecule has 114 heavy (non-hydrogen) atoms. The quantitative estimate of drug-likeness (QED) is 0.0967. The number of fused-ring (bicyclic) bond motifs is 12. The molecule has 0 aliphatic carbocycles. The Bertz CT molecular complexity index is 6560. The molecule has 0 radical (unpaired) electrons. The predicted octanol–water partition coefficient (Wildman–Crippen LogP) is 27.9. The fraction of sp³-hybridized carbons (Fsp3) is 0.0182. The number of rotatable bonds is 14. The zero-order valence-electron chi connectivity index (χ0n) is 62.7. The van der Waals surface area contributed by atoms with Gasteiger partial charge in [0.15, 0.2) is 0 Å². The third-order valence-corrected chi connectivity index (χ3v) is 23.7. The van der Waals surface area contributed by atoms with Crippen LogP contribution >= 0.6 is 0 Å². The van der Waals surface area contributed by atoms with E-state index in [1.54, 1.807) is 0 Å². The van der Waals surface area contributed by atoms with E-state index in [9.17, 15) is 0 Å². The first-order valence-corrected chi connectivity index (χ1v) is 39.4. The molecule has 0 aliphatic rings. The molecule has 0 bridgehead atoms. The molecule has 0 amide bonds. The van der Waals surface area contributed by atoms with Crippen LogP contribution in [0.5, 0.6) is 0 Å².